The second-order valence-electron chi connectivity index (χ2n) is 4.93. The molecule has 0 fully saturated rings. The highest BCUT2D eigenvalue weighted by molar-refractivity contribution is 8.00. The second-order valence-corrected chi connectivity index (χ2v) is 6.07. The Morgan fingerprint density at radius 3 is 2.16 bits per heavy atom. The van der Waals surface area contributed by atoms with Crippen LogP contribution >= 0.6 is 11.8 Å². The minimum atomic E-state index is -4.63. The van der Waals surface area contributed by atoms with Gasteiger partial charge in [-0.3, -0.25) is 4.79 Å². The van der Waals surface area contributed by atoms with Gasteiger partial charge in [0.2, 0.25) is 0 Å². The molecule has 0 spiro atoms. The number of benzene rings is 1. The van der Waals surface area contributed by atoms with Crippen molar-refractivity contribution in [1.82, 2.24) is 4.90 Å². The Bertz CT molecular complexity index is 694. The van der Waals surface area contributed by atoms with Crippen LogP contribution in [0.1, 0.15) is 16.1 Å². The van der Waals surface area contributed by atoms with Crippen molar-refractivity contribution < 1.29 is 35.6 Å². The SMILES string of the molecule is O=C(c1ccc(SC(F)(F)F)cc1)N(Cc1ccco1)CC(F)(F)F. The molecule has 0 radical (unpaired) electrons. The predicted octanol–water partition coefficient (Wildman–Crippen LogP) is 5.10. The van der Waals surface area contributed by atoms with Gasteiger partial charge in [0, 0.05) is 10.5 Å². The second kappa shape index (κ2) is 7.42. The van der Waals surface area contributed by atoms with E-state index in [0.717, 1.165) is 24.3 Å². The number of furan rings is 1. The number of alkyl halides is 6. The molecule has 1 amide bonds. The van der Waals surface area contributed by atoms with Crippen molar-refractivity contribution in [2.75, 3.05) is 6.54 Å². The monoisotopic (exact) mass is 383 g/mol. The van der Waals surface area contributed by atoms with E-state index in [-0.39, 0.29) is 28.0 Å². The highest BCUT2D eigenvalue weighted by Crippen LogP contribution is 2.36. The Kier molecular flexibility index (Phi) is 5.71. The van der Waals surface area contributed by atoms with Crippen LogP contribution in [0.25, 0.3) is 0 Å². The number of hydrogen-bond donors (Lipinski definition) is 0. The molecule has 1 aromatic carbocycles. The number of rotatable bonds is 5. The van der Waals surface area contributed by atoms with Gasteiger partial charge in [-0.25, -0.2) is 0 Å². The average molecular weight is 383 g/mol. The van der Waals surface area contributed by atoms with Crippen LogP contribution in [0.2, 0.25) is 0 Å². The van der Waals surface area contributed by atoms with Crippen molar-refractivity contribution in [2.45, 2.75) is 23.1 Å². The standard InChI is InChI=1S/C15H11F6NO2S/c16-14(17,18)9-22(8-11-2-1-7-24-11)13(23)10-3-5-12(6-4-10)25-15(19,20)21/h1-7H,8-9H2. The van der Waals surface area contributed by atoms with E-state index in [2.05, 4.69) is 0 Å². The highest BCUT2D eigenvalue weighted by Gasteiger charge is 2.34. The van der Waals surface area contributed by atoms with Crippen molar-refractivity contribution in [3.05, 3.63) is 54.0 Å². The van der Waals surface area contributed by atoms with Crippen molar-refractivity contribution in [2.24, 2.45) is 0 Å². The summed E-state index contributed by atoms with van der Waals surface area (Å²) in [6.07, 6.45) is -3.37. The third kappa shape index (κ3) is 6.37. The van der Waals surface area contributed by atoms with E-state index in [0.29, 0.717) is 4.90 Å². The van der Waals surface area contributed by atoms with E-state index in [1.165, 1.54) is 18.4 Å². The molecule has 0 aliphatic carbocycles. The minimum absolute atomic E-state index is 0.151. The van der Waals surface area contributed by atoms with Crippen molar-refractivity contribution in [1.29, 1.82) is 0 Å². The maximum absolute atomic E-state index is 12.7. The molecule has 0 aliphatic rings. The summed E-state index contributed by atoms with van der Waals surface area (Å²) in [5.41, 5.74) is -4.64. The van der Waals surface area contributed by atoms with Crippen LogP contribution in [0.4, 0.5) is 26.3 Å². The topological polar surface area (TPSA) is 33.5 Å². The van der Waals surface area contributed by atoms with Crippen LogP contribution < -0.4 is 0 Å². The minimum Gasteiger partial charge on any atom is -0.467 e. The molecule has 25 heavy (non-hydrogen) atoms. The summed E-state index contributed by atoms with van der Waals surface area (Å²) in [6, 6.07) is 7.06. The van der Waals surface area contributed by atoms with Crippen LogP contribution in [0, 0.1) is 0 Å². The molecule has 0 saturated heterocycles. The Labute approximate surface area is 142 Å². The fourth-order valence-corrected chi connectivity index (χ4v) is 2.53. The lowest BCUT2D eigenvalue weighted by atomic mass is 10.2. The molecule has 0 aliphatic heterocycles. The molecule has 0 unspecified atom stereocenters. The Morgan fingerprint density at radius 2 is 1.68 bits per heavy atom. The number of thioether (sulfide) groups is 1. The largest absolute Gasteiger partial charge is 0.467 e. The van der Waals surface area contributed by atoms with Gasteiger partial charge < -0.3 is 9.32 Å². The predicted molar refractivity (Wildman–Crippen MR) is 77.9 cm³/mol. The molecule has 0 bridgehead atoms. The summed E-state index contributed by atoms with van der Waals surface area (Å²) in [5.74, 6) is -0.806. The summed E-state index contributed by atoms with van der Waals surface area (Å²) in [6.45, 7) is -1.92. The van der Waals surface area contributed by atoms with Gasteiger partial charge in [-0.15, -0.1) is 0 Å². The normalized spacial score (nSPS) is 12.2. The third-order valence-corrected chi connectivity index (χ3v) is 3.66. The lowest BCUT2D eigenvalue weighted by Crippen LogP contribution is -2.38. The molecule has 0 N–H and O–H groups in total. The maximum Gasteiger partial charge on any atom is 0.446 e. The van der Waals surface area contributed by atoms with Gasteiger partial charge in [-0.2, -0.15) is 26.3 Å². The zero-order valence-corrected chi connectivity index (χ0v) is 13.2. The molecular formula is C15H11F6NO2S. The summed E-state index contributed by atoms with van der Waals surface area (Å²) in [7, 11) is 0. The average Bonchev–Trinajstić information content (AvgIpc) is 2.96. The molecule has 2 rings (SSSR count). The molecule has 136 valence electrons. The highest BCUT2D eigenvalue weighted by atomic mass is 32.2. The lowest BCUT2D eigenvalue weighted by Gasteiger charge is -2.23. The summed E-state index contributed by atoms with van der Waals surface area (Å²) in [5, 5.41) is 0. The molecule has 0 atom stereocenters. The molecule has 0 saturated carbocycles. The first-order valence-corrected chi connectivity index (χ1v) is 7.59. The molecule has 2 aromatic rings. The summed E-state index contributed by atoms with van der Waals surface area (Å²) >= 11 is -0.377. The van der Waals surface area contributed by atoms with Crippen molar-refractivity contribution >= 4 is 17.7 Å². The first-order valence-electron chi connectivity index (χ1n) is 6.78. The molecule has 10 heteroatoms. The van der Waals surface area contributed by atoms with Gasteiger partial charge in [-0.05, 0) is 48.2 Å². The van der Waals surface area contributed by atoms with E-state index in [1.54, 1.807) is 0 Å². The van der Waals surface area contributed by atoms with E-state index >= 15 is 0 Å². The van der Waals surface area contributed by atoms with Crippen LogP contribution in [0.15, 0.2) is 52.0 Å². The summed E-state index contributed by atoms with van der Waals surface area (Å²) in [4.78, 5) is 12.7. The van der Waals surface area contributed by atoms with E-state index < -0.39 is 30.7 Å². The Hall–Kier alpha value is -2.10. The number of hydrogen-bond acceptors (Lipinski definition) is 3. The number of amides is 1. The number of halogens is 6. The van der Waals surface area contributed by atoms with Gasteiger partial charge in [-0.1, -0.05) is 0 Å². The number of nitrogens with zero attached hydrogens (tertiary/aromatic N) is 1. The van der Waals surface area contributed by atoms with Crippen LogP contribution in [-0.4, -0.2) is 29.0 Å². The Balaban J connectivity index is 2.17. The van der Waals surface area contributed by atoms with E-state index in [9.17, 15) is 31.1 Å². The molecular weight excluding hydrogens is 372 g/mol. The van der Waals surface area contributed by atoms with Crippen LogP contribution in [-0.2, 0) is 6.54 Å². The quantitative estimate of drug-likeness (QED) is 0.532. The van der Waals surface area contributed by atoms with E-state index in [1.807, 2.05) is 0 Å². The van der Waals surface area contributed by atoms with Crippen LogP contribution in [0.3, 0.4) is 0 Å². The van der Waals surface area contributed by atoms with Crippen LogP contribution in [0.5, 0.6) is 0 Å². The van der Waals surface area contributed by atoms with Crippen molar-refractivity contribution in [3.8, 4) is 0 Å². The van der Waals surface area contributed by atoms with Crippen molar-refractivity contribution in [3.63, 3.8) is 0 Å². The third-order valence-electron chi connectivity index (χ3n) is 2.92. The zero-order chi connectivity index (χ0) is 18.7. The number of carbonyl (C=O) groups excluding carboxylic acids is 1. The fourth-order valence-electron chi connectivity index (χ4n) is 1.99. The van der Waals surface area contributed by atoms with E-state index in [4.69, 9.17) is 4.42 Å². The summed E-state index contributed by atoms with van der Waals surface area (Å²) < 4.78 is 79.9. The first kappa shape index (κ1) is 19.2. The first-order chi connectivity index (χ1) is 11.5. The van der Waals surface area contributed by atoms with Gasteiger partial charge in [0.1, 0.15) is 12.3 Å². The number of carbonyl (C=O) groups is 1. The fraction of sp³-hybridized carbons (Fsp3) is 0.267. The smallest absolute Gasteiger partial charge is 0.446 e. The van der Waals surface area contributed by atoms with Gasteiger partial charge >= 0.3 is 11.7 Å². The zero-order valence-electron chi connectivity index (χ0n) is 12.4. The van der Waals surface area contributed by atoms with Gasteiger partial charge in [0.15, 0.2) is 0 Å². The lowest BCUT2D eigenvalue weighted by molar-refractivity contribution is -0.142. The maximum atomic E-state index is 12.7. The van der Waals surface area contributed by atoms with Gasteiger partial charge in [0.25, 0.3) is 5.91 Å². The molecule has 3 nitrogen and oxygen atoms in total. The molecule has 1 heterocycles. The Morgan fingerprint density at radius 1 is 1.04 bits per heavy atom. The van der Waals surface area contributed by atoms with Gasteiger partial charge in [0.05, 0.1) is 12.8 Å². The molecule has 1 aromatic heterocycles.